The molecule has 274 valence electrons. The minimum atomic E-state index is -0.843. The SMILES string of the molecule is C=C(C)[C@H]1C(=O)c2c3c(cc4c5c(n1c24)[C@@]1(C)[C@@H](CC[C@H]2[C@](C)(CC/C=C(\C)C(=O)NC)[C@@H](O)CC[C@@]21C)C5)C1=CC(C)(C)OC(C)(C)[C@H]1[C@@H]3O. The predicted octanol–water partition coefficient (Wildman–Crippen LogP) is 8.07. The fourth-order valence-corrected chi connectivity index (χ4v) is 13.2. The third-order valence-electron chi connectivity index (χ3n) is 15.4. The van der Waals surface area contributed by atoms with Crippen molar-refractivity contribution in [1.29, 1.82) is 0 Å². The molecule has 3 N–H and O–H groups in total. The Balaban J connectivity index is 1.32. The molecule has 4 aliphatic carbocycles. The number of hydrogen-bond acceptors (Lipinski definition) is 5. The Morgan fingerprint density at radius 1 is 1.10 bits per heavy atom. The lowest BCUT2D eigenvalue weighted by molar-refractivity contribution is -0.166. The average molecular weight is 695 g/mol. The summed E-state index contributed by atoms with van der Waals surface area (Å²) in [5.74, 6) is 0.413. The summed E-state index contributed by atoms with van der Waals surface area (Å²) in [6.45, 7) is 23.8. The lowest BCUT2D eigenvalue weighted by atomic mass is 9.40. The van der Waals surface area contributed by atoms with Gasteiger partial charge in [0.1, 0.15) is 6.04 Å². The van der Waals surface area contributed by atoms with E-state index in [9.17, 15) is 19.8 Å². The van der Waals surface area contributed by atoms with Crippen molar-refractivity contribution >= 4 is 28.2 Å². The van der Waals surface area contributed by atoms with E-state index < -0.39 is 29.5 Å². The Morgan fingerprint density at radius 2 is 1.80 bits per heavy atom. The van der Waals surface area contributed by atoms with Gasteiger partial charge in [-0.3, -0.25) is 9.59 Å². The van der Waals surface area contributed by atoms with E-state index >= 15 is 0 Å². The first kappa shape index (κ1) is 35.1. The molecule has 8 rings (SSSR count). The van der Waals surface area contributed by atoms with Gasteiger partial charge in [-0.1, -0.05) is 39.0 Å². The van der Waals surface area contributed by atoms with Crippen LogP contribution in [0.4, 0.5) is 0 Å². The first-order valence-electron chi connectivity index (χ1n) is 19.4. The van der Waals surface area contributed by atoms with E-state index in [1.165, 1.54) is 11.3 Å². The van der Waals surface area contributed by atoms with E-state index in [1.54, 1.807) is 7.05 Å². The van der Waals surface area contributed by atoms with Crippen molar-refractivity contribution in [3.63, 3.8) is 0 Å². The predicted molar refractivity (Wildman–Crippen MR) is 202 cm³/mol. The van der Waals surface area contributed by atoms with Crippen molar-refractivity contribution in [1.82, 2.24) is 9.88 Å². The smallest absolute Gasteiger partial charge is 0.246 e. The Morgan fingerprint density at radius 3 is 2.47 bits per heavy atom. The Kier molecular flexibility index (Phi) is 7.42. The number of hydrogen-bond donors (Lipinski definition) is 3. The van der Waals surface area contributed by atoms with Gasteiger partial charge in [-0.05, 0) is 138 Å². The number of rotatable bonds is 5. The minimum absolute atomic E-state index is 0.0465. The zero-order valence-corrected chi connectivity index (χ0v) is 32.4. The van der Waals surface area contributed by atoms with Crippen LogP contribution in [0, 0.1) is 28.6 Å². The maximum Gasteiger partial charge on any atom is 0.246 e. The molecule has 0 unspecified atom stereocenters. The lowest BCUT2D eigenvalue weighted by Gasteiger charge is -2.65. The number of fused-ring (bicyclic) bond motifs is 11. The fraction of sp³-hybridized carbons (Fsp3) is 0.636. The molecule has 2 saturated carbocycles. The molecule has 7 nitrogen and oxygen atoms in total. The number of likely N-dealkylation sites (N-methyl/N-ethyl adjacent to an activating group) is 1. The topological polar surface area (TPSA) is 101 Å². The van der Waals surface area contributed by atoms with Crippen LogP contribution in [-0.4, -0.2) is 50.8 Å². The maximum absolute atomic E-state index is 14.9. The summed E-state index contributed by atoms with van der Waals surface area (Å²) in [5, 5.41) is 27.9. The summed E-state index contributed by atoms with van der Waals surface area (Å²) >= 11 is 0. The summed E-state index contributed by atoms with van der Waals surface area (Å²) in [5.41, 5.74) is 6.92. The normalized spacial score (nSPS) is 38.5. The van der Waals surface area contributed by atoms with Crippen molar-refractivity contribution in [2.45, 2.75) is 142 Å². The van der Waals surface area contributed by atoms with Gasteiger partial charge in [0.2, 0.25) is 5.91 Å². The molecule has 1 amide bonds. The van der Waals surface area contributed by atoms with E-state index in [0.29, 0.717) is 17.1 Å². The summed E-state index contributed by atoms with van der Waals surface area (Å²) in [7, 11) is 1.66. The van der Waals surface area contributed by atoms with E-state index in [4.69, 9.17) is 4.74 Å². The van der Waals surface area contributed by atoms with Crippen molar-refractivity contribution in [2.75, 3.05) is 7.05 Å². The van der Waals surface area contributed by atoms with Crippen LogP contribution >= 0.6 is 0 Å². The maximum atomic E-state index is 14.9. The van der Waals surface area contributed by atoms with E-state index in [1.807, 2.05) is 19.9 Å². The number of carbonyl (C=O) groups is 2. The van der Waals surface area contributed by atoms with Crippen LogP contribution in [0.15, 0.2) is 35.9 Å². The summed E-state index contributed by atoms with van der Waals surface area (Å²) in [4.78, 5) is 27.1. The fourth-order valence-electron chi connectivity index (χ4n) is 13.2. The van der Waals surface area contributed by atoms with E-state index in [-0.39, 0.29) is 39.8 Å². The van der Waals surface area contributed by atoms with Crippen molar-refractivity contribution in [3.05, 3.63) is 63.9 Å². The van der Waals surface area contributed by atoms with E-state index in [2.05, 4.69) is 77.1 Å². The molecule has 1 aromatic heterocycles. The number of allylic oxidation sites excluding steroid dienone is 2. The summed E-state index contributed by atoms with van der Waals surface area (Å²) in [6, 6.07) is 1.81. The summed E-state index contributed by atoms with van der Waals surface area (Å²) < 4.78 is 8.92. The lowest BCUT2D eigenvalue weighted by Crippen LogP contribution is -2.62. The van der Waals surface area contributed by atoms with Crippen LogP contribution in [0.3, 0.4) is 0 Å². The van der Waals surface area contributed by atoms with Crippen molar-refractivity contribution in [2.24, 2.45) is 28.6 Å². The molecular formula is C44H58N2O5. The quantitative estimate of drug-likeness (QED) is 0.217. The highest BCUT2D eigenvalue weighted by Gasteiger charge is 2.68. The molecule has 6 aliphatic rings. The van der Waals surface area contributed by atoms with Crippen LogP contribution in [0.5, 0.6) is 0 Å². The van der Waals surface area contributed by atoms with Gasteiger partial charge in [-0.25, -0.2) is 0 Å². The number of nitrogens with one attached hydrogen (secondary N) is 1. The number of amides is 1. The van der Waals surface area contributed by atoms with Crippen LogP contribution in [0.1, 0.15) is 146 Å². The Labute approximate surface area is 303 Å². The van der Waals surface area contributed by atoms with Crippen molar-refractivity contribution in [3.8, 4) is 0 Å². The van der Waals surface area contributed by atoms with Gasteiger partial charge >= 0.3 is 0 Å². The molecule has 0 spiro atoms. The van der Waals surface area contributed by atoms with Gasteiger partial charge < -0.3 is 24.8 Å². The molecule has 3 heterocycles. The number of ether oxygens (including phenoxy) is 1. The van der Waals surface area contributed by atoms with Crippen LogP contribution < -0.4 is 5.32 Å². The van der Waals surface area contributed by atoms with Crippen molar-refractivity contribution < 1.29 is 24.5 Å². The molecule has 51 heavy (non-hydrogen) atoms. The molecule has 2 aromatic rings. The highest BCUT2D eigenvalue weighted by atomic mass is 16.5. The number of aromatic nitrogens is 1. The van der Waals surface area contributed by atoms with Gasteiger partial charge in [-0.2, -0.15) is 0 Å². The van der Waals surface area contributed by atoms with Crippen LogP contribution in [-0.2, 0) is 21.4 Å². The Hall–Kier alpha value is -3.00. The molecule has 7 heteroatoms. The van der Waals surface area contributed by atoms with Crippen LogP contribution in [0.25, 0.3) is 16.5 Å². The highest BCUT2D eigenvalue weighted by molar-refractivity contribution is 6.18. The summed E-state index contributed by atoms with van der Waals surface area (Å²) in [6.07, 6.45) is 9.24. The van der Waals surface area contributed by atoms with Gasteiger partial charge in [-0.15, -0.1) is 0 Å². The monoisotopic (exact) mass is 694 g/mol. The average Bonchev–Trinajstić information content (AvgIpc) is 3.71. The molecule has 1 aromatic carbocycles. The number of Topliss-reactive ketones (excluding diaryl/α,β-unsaturated/α-hetero) is 1. The number of nitrogens with zero attached hydrogens (tertiary/aromatic N) is 1. The number of carbonyl (C=O) groups excluding carboxylic acids is 2. The van der Waals surface area contributed by atoms with Gasteiger partial charge in [0.05, 0.1) is 34.5 Å². The minimum Gasteiger partial charge on any atom is -0.393 e. The zero-order valence-electron chi connectivity index (χ0n) is 32.4. The number of aliphatic hydroxyl groups is 2. The van der Waals surface area contributed by atoms with Gasteiger partial charge in [0.25, 0.3) is 0 Å². The Bertz CT molecular complexity index is 1990. The number of benzene rings is 1. The van der Waals surface area contributed by atoms with Crippen LogP contribution in [0.2, 0.25) is 0 Å². The van der Waals surface area contributed by atoms with Gasteiger partial charge in [0.15, 0.2) is 5.78 Å². The van der Waals surface area contributed by atoms with E-state index in [0.717, 1.165) is 78.1 Å². The third kappa shape index (κ3) is 4.29. The largest absolute Gasteiger partial charge is 0.393 e. The molecule has 0 bridgehead atoms. The molecule has 0 saturated heterocycles. The molecule has 9 atom stereocenters. The number of aliphatic hydroxyl groups excluding tert-OH is 2. The molecule has 2 fully saturated rings. The second-order valence-electron chi connectivity index (χ2n) is 19.0. The molecule has 2 aliphatic heterocycles. The molecule has 0 radical (unpaired) electrons. The second kappa shape index (κ2) is 10.8. The third-order valence-corrected chi connectivity index (χ3v) is 15.4. The second-order valence-corrected chi connectivity index (χ2v) is 19.0. The first-order valence-corrected chi connectivity index (χ1v) is 19.4. The molecular weight excluding hydrogens is 636 g/mol. The standard InChI is InChI=1S/C44H58N2O5/c1-22(2)34-37(49)32-31-25(28-21-40(4,5)51-41(6,7)33(28)36(31)48)20-26-27-19-24-14-15-29-42(8,17-12-13-23(3)39(50)45-11)30(47)16-18-43(29,9)44(24,10)38(27)46(34)35(26)32/h13,20-21,24,29-30,33-34,36,47-48H,1,12,14-19H2,2-11H3,(H,45,50)/b23-13+/t24-,29-,30-,33+,34-,36+,42-,43-,44+/m0/s1. The number of ketones is 1. The zero-order chi connectivity index (χ0) is 37.0. The first-order chi connectivity index (χ1) is 23.7. The van der Waals surface area contributed by atoms with Gasteiger partial charge in [0, 0.05) is 40.6 Å². The highest BCUT2D eigenvalue weighted by Crippen LogP contribution is 2.72.